The van der Waals surface area contributed by atoms with Crippen molar-refractivity contribution in [2.45, 2.75) is 37.8 Å². The normalized spacial score (nSPS) is 23.5. The smallest absolute Gasteiger partial charge is 0.237 e. The standard InChI is InChI=1S/C21H26N2O2S/c1-25-17-10-8-16(9-11-17)18-5-2-12-22(18)15-21(24)23-13-3-6-19(23)20-7-4-14-26-20/h4,7-11,14,18-19H,2-3,5-6,12-13,15H2,1H3. The second-order valence-corrected chi connectivity index (χ2v) is 8.14. The highest BCUT2D eigenvalue weighted by atomic mass is 32.1. The van der Waals surface area contributed by atoms with Crippen LogP contribution in [0.15, 0.2) is 41.8 Å². The Hall–Kier alpha value is -1.85. The predicted octanol–water partition coefficient (Wildman–Crippen LogP) is 4.26. The molecule has 4 rings (SSSR count). The van der Waals surface area contributed by atoms with Crippen molar-refractivity contribution in [1.29, 1.82) is 0 Å². The Morgan fingerprint density at radius 2 is 1.88 bits per heavy atom. The second-order valence-electron chi connectivity index (χ2n) is 7.16. The van der Waals surface area contributed by atoms with Gasteiger partial charge in [0.2, 0.25) is 5.91 Å². The minimum Gasteiger partial charge on any atom is -0.497 e. The van der Waals surface area contributed by atoms with Gasteiger partial charge in [-0.3, -0.25) is 9.69 Å². The van der Waals surface area contributed by atoms with E-state index in [9.17, 15) is 4.79 Å². The maximum absolute atomic E-state index is 13.1. The maximum atomic E-state index is 13.1. The van der Waals surface area contributed by atoms with E-state index in [-0.39, 0.29) is 11.9 Å². The van der Waals surface area contributed by atoms with Crippen molar-refractivity contribution in [3.63, 3.8) is 0 Å². The van der Waals surface area contributed by atoms with E-state index in [4.69, 9.17) is 4.74 Å². The Bertz CT molecular complexity index is 729. The number of rotatable bonds is 5. The Morgan fingerprint density at radius 1 is 1.12 bits per heavy atom. The summed E-state index contributed by atoms with van der Waals surface area (Å²) in [5.74, 6) is 1.16. The summed E-state index contributed by atoms with van der Waals surface area (Å²) < 4.78 is 5.26. The Labute approximate surface area is 159 Å². The molecule has 2 fully saturated rings. The van der Waals surface area contributed by atoms with E-state index in [0.717, 1.165) is 44.5 Å². The van der Waals surface area contributed by atoms with E-state index < -0.39 is 0 Å². The number of benzene rings is 1. The Kier molecular flexibility index (Phi) is 5.27. The fraction of sp³-hybridized carbons (Fsp3) is 0.476. The molecule has 2 aromatic rings. The third-order valence-electron chi connectivity index (χ3n) is 5.65. The fourth-order valence-corrected chi connectivity index (χ4v) is 5.20. The Balaban J connectivity index is 1.44. The highest BCUT2D eigenvalue weighted by Crippen LogP contribution is 2.36. The van der Waals surface area contributed by atoms with Crippen LogP contribution in [0.1, 0.15) is 48.2 Å². The monoisotopic (exact) mass is 370 g/mol. The van der Waals surface area contributed by atoms with Crippen LogP contribution in [0.3, 0.4) is 0 Å². The molecule has 1 aromatic carbocycles. The molecule has 26 heavy (non-hydrogen) atoms. The number of thiophene rings is 1. The van der Waals surface area contributed by atoms with Crippen LogP contribution in [0.4, 0.5) is 0 Å². The average molecular weight is 371 g/mol. The summed E-state index contributed by atoms with van der Waals surface area (Å²) in [4.78, 5) is 18.8. The molecule has 0 aliphatic carbocycles. The van der Waals surface area contributed by atoms with E-state index in [2.05, 4.69) is 39.4 Å². The van der Waals surface area contributed by atoms with Gasteiger partial charge in [-0.25, -0.2) is 0 Å². The van der Waals surface area contributed by atoms with E-state index in [1.54, 1.807) is 18.4 Å². The van der Waals surface area contributed by atoms with E-state index in [0.29, 0.717) is 12.6 Å². The van der Waals surface area contributed by atoms with Crippen molar-refractivity contribution in [1.82, 2.24) is 9.80 Å². The molecule has 1 amide bonds. The van der Waals surface area contributed by atoms with Crippen molar-refractivity contribution in [2.75, 3.05) is 26.7 Å². The zero-order valence-corrected chi connectivity index (χ0v) is 16.1. The van der Waals surface area contributed by atoms with Gasteiger partial charge in [0.1, 0.15) is 5.75 Å². The van der Waals surface area contributed by atoms with Crippen LogP contribution in [0, 0.1) is 0 Å². The molecule has 0 N–H and O–H groups in total. The molecular weight excluding hydrogens is 344 g/mol. The largest absolute Gasteiger partial charge is 0.497 e. The molecular formula is C21H26N2O2S. The number of amides is 1. The molecule has 2 saturated heterocycles. The highest BCUT2D eigenvalue weighted by Gasteiger charge is 2.34. The van der Waals surface area contributed by atoms with Gasteiger partial charge in [0.25, 0.3) is 0 Å². The van der Waals surface area contributed by atoms with Gasteiger partial charge in [-0.1, -0.05) is 18.2 Å². The first-order valence-electron chi connectivity index (χ1n) is 9.47. The summed E-state index contributed by atoms with van der Waals surface area (Å²) in [5, 5.41) is 2.11. The van der Waals surface area contributed by atoms with E-state index in [1.807, 2.05) is 12.1 Å². The molecule has 138 valence electrons. The van der Waals surface area contributed by atoms with Crippen LogP contribution in [-0.2, 0) is 4.79 Å². The van der Waals surface area contributed by atoms with Crippen LogP contribution in [-0.4, -0.2) is 42.5 Å². The van der Waals surface area contributed by atoms with Gasteiger partial charge in [0.15, 0.2) is 0 Å². The quantitative estimate of drug-likeness (QED) is 0.788. The molecule has 0 saturated carbocycles. The summed E-state index contributed by atoms with van der Waals surface area (Å²) in [6.07, 6.45) is 4.47. The molecule has 2 aliphatic heterocycles. The number of hydrogen-bond donors (Lipinski definition) is 0. The van der Waals surface area contributed by atoms with Crippen LogP contribution in [0.2, 0.25) is 0 Å². The number of likely N-dealkylation sites (tertiary alicyclic amines) is 2. The van der Waals surface area contributed by atoms with Crippen LogP contribution < -0.4 is 4.74 Å². The van der Waals surface area contributed by atoms with Crippen LogP contribution in [0.5, 0.6) is 5.75 Å². The van der Waals surface area contributed by atoms with Crippen molar-refractivity contribution in [2.24, 2.45) is 0 Å². The lowest BCUT2D eigenvalue weighted by Crippen LogP contribution is -2.39. The summed E-state index contributed by atoms with van der Waals surface area (Å²) >= 11 is 1.77. The molecule has 0 radical (unpaired) electrons. The number of nitrogens with zero attached hydrogens (tertiary/aromatic N) is 2. The average Bonchev–Trinajstić information content (AvgIpc) is 3.41. The minimum atomic E-state index is 0.279. The van der Waals surface area contributed by atoms with Gasteiger partial charge in [-0.05, 0) is 61.4 Å². The van der Waals surface area contributed by atoms with Gasteiger partial charge in [0, 0.05) is 17.5 Å². The van der Waals surface area contributed by atoms with Crippen molar-refractivity contribution in [3.8, 4) is 5.75 Å². The molecule has 2 atom stereocenters. The van der Waals surface area contributed by atoms with Gasteiger partial charge in [-0.2, -0.15) is 0 Å². The van der Waals surface area contributed by atoms with Crippen LogP contribution >= 0.6 is 11.3 Å². The van der Waals surface area contributed by atoms with Gasteiger partial charge >= 0.3 is 0 Å². The predicted molar refractivity (Wildman–Crippen MR) is 105 cm³/mol. The van der Waals surface area contributed by atoms with E-state index >= 15 is 0 Å². The number of hydrogen-bond acceptors (Lipinski definition) is 4. The van der Waals surface area contributed by atoms with Gasteiger partial charge < -0.3 is 9.64 Å². The van der Waals surface area contributed by atoms with E-state index in [1.165, 1.54) is 10.4 Å². The fourth-order valence-electron chi connectivity index (χ4n) is 4.33. The lowest BCUT2D eigenvalue weighted by atomic mass is 10.0. The zero-order valence-electron chi connectivity index (χ0n) is 15.3. The SMILES string of the molecule is COc1ccc(C2CCCN2CC(=O)N2CCCC2c2cccs2)cc1. The summed E-state index contributed by atoms with van der Waals surface area (Å²) in [7, 11) is 1.69. The third kappa shape index (κ3) is 3.51. The van der Waals surface area contributed by atoms with Gasteiger partial charge in [-0.15, -0.1) is 11.3 Å². The number of carbonyl (C=O) groups is 1. The second kappa shape index (κ2) is 7.80. The summed E-state index contributed by atoms with van der Waals surface area (Å²) in [6.45, 7) is 2.42. The number of methoxy groups -OCH3 is 1. The summed E-state index contributed by atoms with van der Waals surface area (Å²) in [6, 6.07) is 13.2. The molecule has 2 aliphatic rings. The lowest BCUT2D eigenvalue weighted by molar-refractivity contribution is -0.133. The molecule has 2 unspecified atom stereocenters. The van der Waals surface area contributed by atoms with Crippen molar-refractivity contribution >= 4 is 17.2 Å². The number of carbonyl (C=O) groups excluding carboxylic acids is 1. The van der Waals surface area contributed by atoms with Crippen molar-refractivity contribution in [3.05, 3.63) is 52.2 Å². The molecule has 1 aromatic heterocycles. The van der Waals surface area contributed by atoms with Crippen molar-refractivity contribution < 1.29 is 9.53 Å². The first-order valence-corrected chi connectivity index (χ1v) is 10.3. The maximum Gasteiger partial charge on any atom is 0.237 e. The number of ether oxygens (including phenoxy) is 1. The third-order valence-corrected chi connectivity index (χ3v) is 6.62. The molecule has 4 nitrogen and oxygen atoms in total. The molecule has 0 bridgehead atoms. The molecule has 3 heterocycles. The topological polar surface area (TPSA) is 32.8 Å². The summed E-state index contributed by atoms with van der Waals surface area (Å²) in [5.41, 5.74) is 1.28. The lowest BCUT2D eigenvalue weighted by Gasteiger charge is -2.29. The molecule has 0 spiro atoms. The first-order chi connectivity index (χ1) is 12.8. The zero-order chi connectivity index (χ0) is 17.9. The Morgan fingerprint density at radius 3 is 2.62 bits per heavy atom. The highest BCUT2D eigenvalue weighted by molar-refractivity contribution is 7.10. The molecule has 5 heteroatoms. The first kappa shape index (κ1) is 17.6. The van der Waals surface area contributed by atoms with Crippen LogP contribution in [0.25, 0.3) is 0 Å². The van der Waals surface area contributed by atoms with Gasteiger partial charge in [0.05, 0.1) is 19.7 Å². The minimum absolute atomic E-state index is 0.279.